The molecule has 19 heavy (non-hydrogen) atoms. The molecule has 0 spiro atoms. The monoisotopic (exact) mass is 266 g/mol. The molecule has 2 fully saturated rings. The molecule has 2 saturated carbocycles. The van der Waals surface area contributed by atoms with Crippen LogP contribution < -0.4 is 0 Å². The first-order chi connectivity index (χ1) is 8.72. The van der Waals surface area contributed by atoms with E-state index >= 15 is 0 Å². The van der Waals surface area contributed by atoms with Crippen LogP contribution >= 0.6 is 0 Å². The minimum atomic E-state index is -0.886. The lowest BCUT2D eigenvalue weighted by atomic mass is 9.76. The zero-order valence-corrected chi connectivity index (χ0v) is 11.8. The summed E-state index contributed by atoms with van der Waals surface area (Å²) in [5, 5.41) is 21.3. The van der Waals surface area contributed by atoms with Gasteiger partial charge in [-0.1, -0.05) is 0 Å². The Morgan fingerprint density at radius 1 is 1.21 bits per heavy atom. The summed E-state index contributed by atoms with van der Waals surface area (Å²) in [6, 6.07) is 0. The molecule has 3 aliphatic rings. The molecule has 0 aromatic heterocycles. The summed E-state index contributed by atoms with van der Waals surface area (Å²) in [5.74, 6) is -0.189. The van der Waals surface area contributed by atoms with Gasteiger partial charge in [-0.25, -0.2) is 4.79 Å². The molecule has 0 aromatic carbocycles. The van der Waals surface area contributed by atoms with Crippen LogP contribution in [0.2, 0.25) is 0 Å². The molecule has 3 rings (SSSR count). The highest BCUT2D eigenvalue weighted by atomic mass is 16.5. The molecule has 4 heteroatoms. The maximum atomic E-state index is 11.7. The zero-order valence-electron chi connectivity index (χ0n) is 11.8. The molecule has 1 aliphatic heterocycles. The van der Waals surface area contributed by atoms with Crippen molar-refractivity contribution < 1.29 is 19.7 Å². The third-order valence-electron chi connectivity index (χ3n) is 5.51. The number of carbonyl (C=O) groups is 1. The molecule has 0 amide bonds. The molecular weight excluding hydrogens is 244 g/mol. The average Bonchev–Trinajstić information content (AvgIpc) is 2.66. The maximum Gasteiger partial charge on any atom is 0.334 e. The fourth-order valence-electron chi connectivity index (χ4n) is 4.25. The Kier molecular flexibility index (Phi) is 2.64. The van der Waals surface area contributed by atoms with Gasteiger partial charge < -0.3 is 14.9 Å². The summed E-state index contributed by atoms with van der Waals surface area (Å²) in [5.41, 5.74) is 0.00869. The molecule has 1 heterocycles. The van der Waals surface area contributed by atoms with E-state index in [2.05, 4.69) is 0 Å². The lowest BCUT2D eigenvalue weighted by Crippen LogP contribution is -2.41. The van der Waals surface area contributed by atoms with E-state index in [0.29, 0.717) is 24.8 Å². The number of esters is 1. The van der Waals surface area contributed by atoms with Crippen LogP contribution in [0, 0.1) is 11.8 Å². The highest BCUT2D eigenvalue weighted by Crippen LogP contribution is 2.53. The maximum absolute atomic E-state index is 11.7. The minimum absolute atomic E-state index is 0.00644. The number of hydrogen-bond acceptors (Lipinski definition) is 4. The van der Waals surface area contributed by atoms with Crippen molar-refractivity contribution in [2.45, 2.75) is 63.8 Å². The van der Waals surface area contributed by atoms with E-state index in [1.165, 1.54) is 0 Å². The Balaban J connectivity index is 2.04. The number of fused-ring (bicyclic) bond motifs is 2. The predicted molar refractivity (Wildman–Crippen MR) is 69.3 cm³/mol. The summed E-state index contributed by atoms with van der Waals surface area (Å²) in [7, 11) is 0. The van der Waals surface area contributed by atoms with Crippen LogP contribution in [0.3, 0.4) is 0 Å². The Morgan fingerprint density at radius 3 is 2.58 bits per heavy atom. The van der Waals surface area contributed by atoms with E-state index in [0.717, 1.165) is 12.0 Å². The number of rotatable bonds is 0. The van der Waals surface area contributed by atoms with E-state index in [4.69, 9.17) is 4.74 Å². The second-order valence-corrected chi connectivity index (χ2v) is 6.92. The van der Waals surface area contributed by atoms with Gasteiger partial charge in [0, 0.05) is 12.0 Å². The summed E-state index contributed by atoms with van der Waals surface area (Å²) >= 11 is 0. The molecular formula is C15H22O4. The third-order valence-corrected chi connectivity index (χ3v) is 5.51. The van der Waals surface area contributed by atoms with Crippen molar-refractivity contribution in [2.24, 2.45) is 11.8 Å². The van der Waals surface area contributed by atoms with E-state index in [1.54, 1.807) is 6.92 Å². The van der Waals surface area contributed by atoms with Crippen molar-refractivity contribution in [3.05, 3.63) is 11.1 Å². The Bertz CT molecular complexity index is 461. The van der Waals surface area contributed by atoms with Gasteiger partial charge in [0.05, 0.1) is 11.2 Å². The van der Waals surface area contributed by atoms with Crippen LogP contribution in [-0.4, -0.2) is 33.5 Å². The fraction of sp³-hybridized carbons (Fsp3) is 0.800. The molecule has 4 nitrogen and oxygen atoms in total. The van der Waals surface area contributed by atoms with Crippen LogP contribution in [0.1, 0.15) is 46.5 Å². The Labute approximate surface area is 113 Å². The first-order valence-electron chi connectivity index (χ1n) is 7.08. The lowest BCUT2D eigenvalue weighted by Gasteiger charge is -2.35. The molecule has 2 aliphatic carbocycles. The van der Waals surface area contributed by atoms with Gasteiger partial charge in [0.15, 0.2) is 0 Å². The normalized spacial score (nSPS) is 49.7. The van der Waals surface area contributed by atoms with Crippen LogP contribution in [-0.2, 0) is 9.53 Å². The smallest absolute Gasteiger partial charge is 0.334 e. The van der Waals surface area contributed by atoms with Crippen molar-refractivity contribution in [1.82, 2.24) is 0 Å². The summed E-state index contributed by atoms with van der Waals surface area (Å²) in [6.45, 7) is 5.45. The van der Waals surface area contributed by atoms with Gasteiger partial charge in [0.1, 0.15) is 6.10 Å². The topological polar surface area (TPSA) is 66.8 Å². The first kappa shape index (κ1) is 13.1. The van der Waals surface area contributed by atoms with E-state index < -0.39 is 11.2 Å². The summed E-state index contributed by atoms with van der Waals surface area (Å²) in [4.78, 5) is 11.7. The van der Waals surface area contributed by atoms with Crippen molar-refractivity contribution in [3.63, 3.8) is 0 Å². The highest BCUT2D eigenvalue weighted by molar-refractivity contribution is 5.91. The Morgan fingerprint density at radius 2 is 1.89 bits per heavy atom. The Hall–Kier alpha value is -0.870. The van der Waals surface area contributed by atoms with E-state index in [1.807, 2.05) is 13.8 Å². The average molecular weight is 266 g/mol. The molecule has 2 N–H and O–H groups in total. The number of ether oxygens (including phenoxy) is 1. The van der Waals surface area contributed by atoms with Gasteiger partial charge in [0.2, 0.25) is 0 Å². The highest BCUT2D eigenvalue weighted by Gasteiger charge is 2.55. The number of carbonyl (C=O) groups excluding carboxylic acids is 1. The van der Waals surface area contributed by atoms with Crippen LogP contribution in [0.15, 0.2) is 11.1 Å². The van der Waals surface area contributed by atoms with Crippen LogP contribution in [0.25, 0.3) is 0 Å². The summed E-state index contributed by atoms with van der Waals surface area (Å²) < 4.78 is 5.37. The van der Waals surface area contributed by atoms with Gasteiger partial charge in [0.25, 0.3) is 0 Å². The van der Waals surface area contributed by atoms with Gasteiger partial charge in [-0.2, -0.15) is 0 Å². The molecule has 0 aromatic rings. The second kappa shape index (κ2) is 3.83. The second-order valence-electron chi connectivity index (χ2n) is 6.92. The first-order valence-corrected chi connectivity index (χ1v) is 7.08. The molecule has 5 atom stereocenters. The molecule has 0 bridgehead atoms. The SMILES string of the molecule is CC1=C2C[C@H]3[C@H](CC[C@]3(C)O)[C@@](C)(O)C[C@H]2OC1=O. The quantitative estimate of drug-likeness (QED) is 0.653. The predicted octanol–water partition coefficient (Wildman–Crippen LogP) is 1.55. The van der Waals surface area contributed by atoms with Crippen molar-refractivity contribution >= 4 is 5.97 Å². The standard InChI is InChI=1S/C15H22O4/c1-8-9-6-11-10(4-5-14(11,2)17)15(3,18)7-12(9)19-13(8)16/h10-12,17-18H,4-7H2,1-3H3/t10-,11-,12+,14-,15-/m0/s1. The van der Waals surface area contributed by atoms with Gasteiger partial charge in [-0.3, -0.25) is 0 Å². The third kappa shape index (κ3) is 1.84. The molecule has 0 saturated heterocycles. The van der Waals surface area contributed by atoms with Crippen LogP contribution in [0.5, 0.6) is 0 Å². The largest absolute Gasteiger partial charge is 0.454 e. The minimum Gasteiger partial charge on any atom is -0.454 e. The summed E-state index contributed by atoms with van der Waals surface area (Å²) in [6.07, 6.45) is 2.35. The van der Waals surface area contributed by atoms with E-state index in [-0.39, 0.29) is 23.9 Å². The molecule has 0 unspecified atom stereocenters. The van der Waals surface area contributed by atoms with E-state index in [9.17, 15) is 15.0 Å². The van der Waals surface area contributed by atoms with Crippen molar-refractivity contribution in [3.8, 4) is 0 Å². The number of hydrogen-bond donors (Lipinski definition) is 2. The molecule has 0 radical (unpaired) electrons. The van der Waals surface area contributed by atoms with Crippen molar-refractivity contribution in [1.29, 1.82) is 0 Å². The number of aliphatic hydroxyl groups is 2. The van der Waals surface area contributed by atoms with Gasteiger partial charge in [-0.05, 0) is 57.4 Å². The van der Waals surface area contributed by atoms with Gasteiger partial charge >= 0.3 is 5.97 Å². The van der Waals surface area contributed by atoms with Gasteiger partial charge in [-0.15, -0.1) is 0 Å². The van der Waals surface area contributed by atoms with Crippen molar-refractivity contribution in [2.75, 3.05) is 0 Å². The zero-order chi connectivity index (χ0) is 14.0. The molecule has 106 valence electrons. The lowest BCUT2D eigenvalue weighted by molar-refractivity contribution is -0.142. The fourth-order valence-corrected chi connectivity index (χ4v) is 4.25. The van der Waals surface area contributed by atoms with Crippen LogP contribution in [0.4, 0.5) is 0 Å².